The zero-order valence-electron chi connectivity index (χ0n) is 19.7. The number of anilines is 1. The summed E-state index contributed by atoms with van der Waals surface area (Å²) < 4.78 is 72.8. The highest BCUT2D eigenvalue weighted by Crippen LogP contribution is 2.40. The number of amides is 1. The smallest absolute Gasteiger partial charge is 0.445 e. The Kier molecular flexibility index (Phi) is 7.00. The van der Waals surface area contributed by atoms with Crippen LogP contribution in [0.15, 0.2) is 41.4 Å². The van der Waals surface area contributed by atoms with Crippen molar-refractivity contribution in [2.45, 2.75) is 56.0 Å². The summed E-state index contributed by atoms with van der Waals surface area (Å²) in [6.45, 7) is 5.03. The van der Waals surface area contributed by atoms with E-state index in [0.717, 1.165) is 18.2 Å². The summed E-state index contributed by atoms with van der Waals surface area (Å²) in [4.78, 5) is 16.8. The average Bonchev–Trinajstić information content (AvgIpc) is 3.31. The molecule has 4 rings (SSSR count). The zero-order valence-corrected chi connectivity index (χ0v) is 21.3. The van der Waals surface area contributed by atoms with Gasteiger partial charge in [0.2, 0.25) is 26.0 Å². The van der Waals surface area contributed by atoms with Crippen molar-refractivity contribution in [3.63, 3.8) is 0 Å². The lowest BCUT2D eigenvalue weighted by Crippen LogP contribution is -2.53. The second-order valence-corrected chi connectivity index (χ2v) is 11.4. The number of carbonyl (C=O) groups excluding carboxylic acids is 1. The second-order valence-electron chi connectivity index (χ2n) is 8.73. The van der Waals surface area contributed by atoms with Crippen molar-refractivity contribution in [1.82, 2.24) is 19.9 Å². The Bertz CT molecular complexity index is 1430. The van der Waals surface area contributed by atoms with Crippen LogP contribution in [0.25, 0.3) is 0 Å². The Morgan fingerprint density at radius 1 is 1.22 bits per heavy atom. The van der Waals surface area contributed by atoms with Gasteiger partial charge in [-0.3, -0.25) is 10.1 Å². The fourth-order valence-corrected chi connectivity index (χ4v) is 5.43. The maximum atomic E-state index is 13.1. The first kappa shape index (κ1) is 26.9. The number of rotatable bonds is 6. The third-order valence-electron chi connectivity index (χ3n) is 5.68. The van der Waals surface area contributed by atoms with Gasteiger partial charge in [0.15, 0.2) is 0 Å². The summed E-state index contributed by atoms with van der Waals surface area (Å²) >= 11 is 0.144. The van der Waals surface area contributed by atoms with Crippen molar-refractivity contribution in [2.24, 2.45) is 0 Å². The van der Waals surface area contributed by atoms with Crippen LogP contribution in [0.5, 0.6) is 5.88 Å². The number of aliphatic hydroxyl groups is 1. The van der Waals surface area contributed by atoms with Gasteiger partial charge in [0.1, 0.15) is 11.7 Å². The van der Waals surface area contributed by atoms with Crippen molar-refractivity contribution in [3.8, 4) is 5.88 Å². The summed E-state index contributed by atoms with van der Waals surface area (Å²) in [5, 5.41) is 17.9. The minimum Gasteiger partial charge on any atom is -0.469 e. The van der Waals surface area contributed by atoms with Gasteiger partial charge in [0, 0.05) is 11.8 Å². The number of ether oxygens (including phenoxy) is 1. The van der Waals surface area contributed by atoms with E-state index in [1.807, 2.05) is 6.92 Å². The second kappa shape index (κ2) is 9.63. The fourth-order valence-electron chi connectivity index (χ4n) is 3.61. The fraction of sp³-hybridized carbons (Fsp3) is 0.364. The molecule has 0 fully saturated rings. The van der Waals surface area contributed by atoms with Crippen LogP contribution in [0.2, 0.25) is 0 Å². The van der Waals surface area contributed by atoms with Crippen LogP contribution in [-0.2, 0) is 22.6 Å². The molecule has 1 aromatic carbocycles. The number of aryl methyl sites for hydroxylation is 1. The highest BCUT2D eigenvalue weighted by atomic mass is 32.2. The number of carbonyl (C=O) groups is 1. The lowest BCUT2D eigenvalue weighted by molar-refractivity contribution is -0.138. The SMILES string of the molecule is CCc1ccc(S(=O)(=O)NC2c3cc(C(=O)Nc4nnc(C(F)(F)F)s4)cnc3OC(C)(C)C2O)cc1. The predicted octanol–water partition coefficient (Wildman–Crippen LogP) is 3.32. The number of alkyl halides is 3. The molecule has 3 heterocycles. The van der Waals surface area contributed by atoms with Gasteiger partial charge in [-0.1, -0.05) is 30.4 Å². The molecule has 0 aliphatic carbocycles. The number of nitrogens with one attached hydrogen (secondary N) is 2. The van der Waals surface area contributed by atoms with Crippen molar-refractivity contribution in [3.05, 3.63) is 58.2 Å². The molecule has 0 saturated carbocycles. The summed E-state index contributed by atoms with van der Waals surface area (Å²) in [5.41, 5.74) is -0.367. The van der Waals surface area contributed by atoms with Crippen LogP contribution in [-0.4, -0.2) is 46.3 Å². The minimum atomic E-state index is -4.71. The third-order valence-corrected chi connectivity index (χ3v) is 8.02. The van der Waals surface area contributed by atoms with Crippen molar-refractivity contribution >= 4 is 32.4 Å². The molecule has 15 heteroatoms. The van der Waals surface area contributed by atoms with E-state index in [0.29, 0.717) is 0 Å². The molecule has 0 spiro atoms. The summed E-state index contributed by atoms with van der Waals surface area (Å²) in [6.07, 6.45) is -4.26. The lowest BCUT2D eigenvalue weighted by atomic mass is 9.88. The number of nitrogens with zero attached hydrogens (tertiary/aromatic N) is 3. The van der Waals surface area contributed by atoms with E-state index < -0.39 is 44.9 Å². The number of aliphatic hydroxyl groups excluding tert-OH is 1. The molecule has 1 aliphatic rings. The van der Waals surface area contributed by atoms with E-state index in [9.17, 15) is 31.5 Å². The first-order valence-electron chi connectivity index (χ1n) is 10.9. The molecule has 0 radical (unpaired) electrons. The maximum Gasteiger partial charge on any atom is 0.445 e. The molecule has 3 aromatic rings. The molecule has 198 valence electrons. The summed E-state index contributed by atoms with van der Waals surface area (Å²) in [7, 11) is -4.12. The molecule has 0 saturated heterocycles. The predicted molar refractivity (Wildman–Crippen MR) is 127 cm³/mol. The third kappa shape index (κ3) is 5.58. The Balaban J connectivity index is 1.65. The van der Waals surface area contributed by atoms with Gasteiger partial charge in [-0.25, -0.2) is 18.1 Å². The topological polar surface area (TPSA) is 143 Å². The van der Waals surface area contributed by atoms with Gasteiger partial charge >= 0.3 is 6.18 Å². The van der Waals surface area contributed by atoms with Crippen molar-refractivity contribution in [2.75, 3.05) is 5.32 Å². The van der Waals surface area contributed by atoms with Crippen molar-refractivity contribution < 1.29 is 36.2 Å². The van der Waals surface area contributed by atoms with Gasteiger partial charge in [0.05, 0.1) is 16.5 Å². The Morgan fingerprint density at radius 3 is 2.49 bits per heavy atom. The number of fused-ring (bicyclic) bond motifs is 1. The normalized spacial score (nSPS) is 19.1. The van der Waals surface area contributed by atoms with Crippen LogP contribution in [0.1, 0.15) is 53.3 Å². The van der Waals surface area contributed by atoms with Gasteiger partial charge in [-0.15, -0.1) is 10.2 Å². The number of hydrogen-bond donors (Lipinski definition) is 3. The van der Waals surface area contributed by atoms with E-state index >= 15 is 0 Å². The van der Waals surface area contributed by atoms with Crippen LogP contribution in [0, 0.1) is 0 Å². The highest BCUT2D eigenvalue weighted by molar-refractivity contribution is 7.89. The molecule has 1 amide bonds. The van der Waals surface area contributed by atoms with E-state index in [1.54, 1.807) is 26.0 Å². The first-order chi connectivity index (χ1) is 17.2. The van der Waals surface area contributed by atoms with Gasteiger partial charge in [-0.2, -0.15) is 13.2 Å². The molecule has 2 unspecified atom stereocenters. The van der Waals surface area contributed by atoms with Crippen LogP contribution >= 0.6 is 11.3 Å². The van der Waals surface area contributed by atoms with E-state index in [-0.39, 0.29) is 38.4 Å². The quantitative estimate of drug-likeness (QED) is 0.419. The molecule has 3 N–H and O–H groups in total. The number of sulfonamides is 1. The molecule has 1 aliphatic heterocycles. The number of pyridine rings is 1. The average molecular weight is 558 g/mol. The van der Waals surface area contributed by atoms with E-state index in [4.69, 9.17) is 4.74 Å². The number of aromatic nitrogens is 3. The zero-order chi connectivity index (χ0) is 27.2. The molecular weight excluding hydrogens is 535 g/mol. The van der Waals surface area contributed by atoms with Gasteiger partial charge < -0.3 is 9.84 Å². The minimum absolute atomic E-state index is 0.0175. The standard InChI is InChI=1S/C22H22F3N5O5S2/c1-4-11-5-7-13(8-6-11)37(33,34)30-15-14-9-12(10-26-18(14)35-21(2,3)16(15)31)17(32)27-20-29-28-19(36-20)22(23,24)25/h5-10,15-16,30-31H,4H2,1-3H3,(H,27,29,32). The summed E-state index contributed by atoms with van der Waals surface area (Å²) in [5.74, 6) is -0.882. The van der Waals surface area contributed by atoms with Gasteiger partial charge in [-0.05, 0) is 44.0 Å². The van der Waals surface area contributed by atoms with Gasteiger partial charge in [0.25, 0.3) is 5.91 Å². The first-order valence-corrected chi connectivity index (χ1v) is 13.2. The molecule has 37 heavy (non-hydrogen) atoms. The lowest BCUT2D eigenvalue weighted by Gasteiger charge is -2.41. The maximum absolute atomic E-state index is 13.1. The Hall–Kier alpha value is -3.14. The number of hydrogen-bond acceptors (Lipinski definition) is 9. The molecule has 10 nitrogen and oxygen atoms in total. The number of halogens is 3. The van der Waals surface area contributed by atoms with E-state index in [2.05, 4.69) is 25.2 Å². The molecule has 2 aromatic heterocycles. The largest absolute Gasteiger partial charge is 0.469 e. The number of benzene rings is 1. The molecule has 2 atom stereocenters. The Labute approximate surface area is 214 Å². The Morgan fingerprint density at radius 2 is 1.89 bits per heavy atom. The summed E-state index contributed by atoms with van der Waals surface area (Å²) in [6, 6.07) is 6.22. The highest BCUT2D eigenvalue weighted by Gasteiger charge is 2.45. The van der Waals surface area contributed by atoms with E-state index in [1.165, 1.54) is 18.2 Å². The van der Waals surface area contributed by atoms with Crippen LogP contribution < -0.4 is 14.8 Å². The molecule has 0 bridgehead atoms. The monoisotopic (exact) mass is 557 g/mol. The van der Waals surface area contributed by atoms with Crippen molar-refractivity contribution in [1.29, 1.82) is 0 Å². The van der Waals surface area contributed by atoms with Crippen LogP contribution in [0.3, 0.4) is 0 Å². The van der Waals surface area contributed by atoms with Crippen LogP contribution in [0.4, 0.5) is 18.3 Å². The molecular formula is C22H22F3N5O5S2.